The van der Waals surface area contributed by atoms with Gasteiger partial charge in [0, 0.05) is 12.5 Å². The van der Waals surface area contributed by atoms with Gasteiger partial charge in [0.05, 0.1) is 6.10 Å². The van der Waals surface area contributed by atoms with Gasteiger partial charge in [0.25, 0.3) is 0 Å². The Morgan fingerprint density at radius 2 is 1.54 bits per heavy atom. The van der Waals surface area contributed by atoms with Gasteiger partial charge in [0.2, 0.25) is 0 Å². The Labute approximate surface area is 250 Å². The van der Waals surface area contributed by atoms with E-state index in [0.29, 0.717) is 47.0 Å². The lowest BCUT2D eigenvalue weighted by Gasteiger charge is -2.62. The summed E-state index contributed by atoms with van der Waals surface area (Å²) < 4.78 is 0. The second kappa shape index (κ2) is 15.3. The number of aliphatic hydroxyl groups excluding tert-OH is 1. The van der Waals surface area contributed by atoms with Crippen molar-refractivity contribution < 1.29 is 15.0 Å². The first-order valence-electron chi connectivity index (χ1n) is 17.5. The van der Waals surface area contributed by atoms with Crippen molar-refractivity contribution in [3.05, 3.63) is 0 Å². The van der Waals surface area contributed by atoms with Crippen molar-refractivity contribution in [2.24, 2.45) is 52.1 Å². The zero-order chi connectivity index (χ0) is 29.5. The zero-order valence-electron chi connectivity index (χ0n) is 26.6. The molecule has 0 aliphatic heterocycles. The summed E-state index contributed by atoms with van der Waals surface area (Å²) in [5.41, 5.74) is 6.15. The van der Waals surface area contributed by atoms with Gasteiger partial charge in [-0.1, -0.05) is 20.8 Å². The molecule has 238 valence electrons. The first kappa shape index (κ1) is 33.2. The maximum Gasteiger partial charge on any atom is 0.303 e. The smallest absolute Gasteiger partial charge is 0.303 e. The molecule has 0 saturated heterocycles. The summed E-state index contributed by atoms with van der Waals surface area (Å²) in [6.07, 6.45) is 15.3. The van der Waals surface area contributed by atoms with Gasteiger partial charge in [0.15, 0.2) is 0 Å². The monoisotopic (exact) mass is 576 g/mol. The summed E-state index contributed by atoms with van der Waals surface area (Å²) in [4.78, 5) is 11.2. The van der Waals surface area contributed by atoms with E-state index < -0.39 is 5.97 Å². The largest absolute Gasteiger partial charge is 0.481 e. The fourth-order valence-electron chi connectivity index (χ4n) is 10.4. The highest BCUT2D eigenvalue weighted by molar-refractivity contribution is 5.66. The summed E-state index contributed by atoms with van der Waals surface area (Å²) in [6.45, 7) is 13.5. The van der Waals surface area contributed by atoms with Crippen LogP contribution in [-0.2, 0) is 4.79 Å². The van der Waals surface area contributed by atoms with Gasteiger partial charge in [-0.25, -0.2) is 0 Å². The van der Waals surface area contributed by atoms with Crippen LogP contribution in [0.1, 0.15) is 111 Å². The number of nitrogens with two attached hydrogens (primary N) is 1. The van der Waals surface area contributed by atoms with Crippen LogP contribution in [0.4, 0.5) is 0 Å². The van der Waals surface area contributed by atoms with E-state index >= 15 is 0 Å². The Balaban J connectivity index is 1.20. The number of carboxylic acid groups (broad SMARTS) is 1. The van der Waals surface area contributed by atoms with Crippen LogP contribution < -0.4 is 21.7 Å². The third kappa shape index (κ3) is 7.87. The van der Waals surface area contributed by atoms with Crippen molar-refractivity contribution in [2.45, 2.75) is 123 Å². The Morgan fingerprint density at radius 3 is 2.24 bits per heavy atom. The number of hydrogen-bond acceptors (Lipinski definition) is 6. The zero-order valence-corrected chi connectivity index (χ0v) is 26.6. The predicted molar refractivity (Wildman–Crippen MR) is 168 cm³/mol. The second-order valence-electron chi connectivity index (χ2n) is 15.1. The quantitative estimate of drug-likeness (QED) is 0.138. The predicted octanol–water partition coefficient (Wildman–Crippen LogP) is 4.77. The summed E-state index contributed by atoms with van der Waals surface area (Å²) in [7, 11) is 0. The topological polar surface area (TPSA) is 120 Å². The van der Waals surface area contributed by atoms with Crippen molar-refractivity contribution in [3.63, 3.8) is 0 Å². The Kier molecular flexibility index (Phi) is 12.4. The third-order valence-electron chi connectivity index (χ3n) is 12.7. The molecule has 0 bridgehead atoms. The van der Waals surface area contributed by atoms with Gasteiger partial charge >= 0.3 is 5.97 Å². The van der Waals surface area contributed by atoms with E-state index in [0.717, 1.165) is 58.5 Å². The molecule has 0 spiro atoms. The molecule has 10 atom stereocenters. The van der Waals surface area contributed by atoms with Crippen molar-refractivity contribution in [2.75, 3.05) is 39.3 Å². The second-order valence-corrected chi connectivity index (χ2v) is 15.1. The Morgan fingerprint density at radius 1 is 0.878 bits per heavy atom. The highest BCUT2D eigenvalue weighted by atomic mass is 16.4. The highest BCUT2D eigenvalue weighted by Crippen LogP contribution is 2.68. The van der Waals surface area contributed by atoms with Crippen LogP contribution in [0.5, 0.6) is 0 Å². The van der Waals surface area contributed by atoms with Crippen LogP contribution in [0.2, 0.25) is 0 Å². The third-order valence-corrected chi connectivity index (χ3v) is 12.7. The minimum atomic E-state index is -0.669. The first-order valence-corrected chi connectivity index (χ1v) is 17.5. The molecule has 0 radical (unpaired) electrons. The van der Waals surface area contributed by atoms with Gasteiger partial charge in [-0.05, 0) is 169 Å². The maximum absolute atomic E-state index is 11.7. The molecule has 4 aliphatic rings. The molecule has 4 rings (SSSR count). The van der Waals surface area contributed by atoms with Gasteiger partial charge < -0.3 is 31.9 Å². The molecule has 0 aromatic rings. The molecule has 41 heavy (non-hydrogen) atoms. The lowest BCUT2D eigenvalue weighted by Crippen LogP contribution is -2.59. The van der Waals surface area contributed by atoms with Crippen molar-refractivity contribution in [3.8, 4) is 0 Å². The van der Waals surface area contributed by atoms with Crippen molar-refractivity contribution in [1.29, 1.82) is 0 Å². The Bertz CT molecular complexity index is 813. The van der Waals surface area contributed by atoms with Crippen molar-refractivity contribution in [1.82, 2.24) is 16.0 Å². The molecule has 7 nitrogen and oxygen atoms in total. The lowest BCUT2D eigenvalue weighted by atomic mass is 9.43. The standard InChI is InChI=1S/C34H64N4O3/c1-24(8-11-31(40)41)27-9-10-28-32-29(13-15-34(27,28)3)33(2)14-12-26(22-25(33)23-30(32)39)38-21-7-20-37-18-5-4-17-36-19-6-16-35/h24-30,32,36-39H,4-23,35H2,1-3H3,(H,40,41)/t24?,25-,26+,27+,28?,29?,30?,32?,33-,34+/m0/s1. The van der Waals surface area contributed by atoms with E-state index in [2.05, 4.69) is 36.7 Å². The van der Waals surface area contributed by atoms with Crippen LogP contribution in [-0.4, -0.2) is 67.6 Å². The van der Waals surface area contributed by atoms with Crippen LogP contribution in [0.3, 0.4) is 0 Å². The summed E-state index contributed by atoms with van der Waals surface area (Å²) in [5, 5.41) is 31.9. The molecule has 5 unspecified atom stereocenters. The molecule has 4 fully saturated rings. The molecular formula is C34H64N4O3. The number of nitrogens with one attached hydrogen (secondary N) is 3. The minimum absolute atomic E-state index is 0.172. The Hall–Kier alpha value is -0.730. The molecule has 7 N–H and O–H groups in total. The number of hydrogen-bond donors (Lipinski definition) is 6. The molecular weight excluding hydrogens is 512 g/mol. The van der Waals surface area contributed by atoms with E-state index in [1.807, 2.05) is 0 Å². The first-order chi connectivity index (χ1) is 19.7. The SMILES string of the molecule is CC(CCC(=O)O)[C@H]1CCC2C3C(O)C[C@@H]4C[C@H](NCCCNCCCCNCCCN)CC[C@]4(C)C3CC[C@@]21C. The lowest BCUT2D eigenvalue weighted by molar-refractivity contribution is -0.167. The van der Waals surface area contributed by atoms with E-state index in [1.54, 1.807) is 0 Å². The van der Waals surface area contributed by atoms with Crippen LogP contribution >= 0.6 is 0 Å². The average Bonchev–Trinajstić information content (AvgIpc) is 3.30. The normalized spacial score (nSPS) is 39.1. The minimum Gasteiger partial charge on any atom is -0.481 e. The molecule has 0 aromatic carbocycles. The summed E-state index contributed by atoms with van der Waals surface area (Å²) >= 11 is 0. The van der Waals surface area contributed by atoms with Gasteiger partial charge in [-0.15, -0.1) is 0 Å². The van der Waals surface area contributed by atoms with Crippen molar-refractivity contribution >= 4 is 5.97 Å². The number of fused-ring (bicyclic) bond motifs is 5. The number of carboxylic acids is 1. The fourth-order valence-corrected chi connectivity index (χ4v) is 10.4. The number of unbranched alkanes of at least 4 members (excludes halogenated alkanes) is 1. The van der Waals surface area contributed by atoms with Crippen LogP contribution in [0.25, 0.3) is 0 Å². The number of aliphatic hydroxyl groups is 1. The molecule has 0 aromatic heterocycles. The van der Waals surface area contributed by atoms with E-state index in [4.69, 9.17) is 5.73 Å². The number of aliphatic carboxylic acids is 1. The molecule has 7 heteroatoms. The molecule has 0 amide bonds. The van der Waals surface area contributed by atoms with Crippen LogP contribution in [0, 0.1) is 46.3 Å². The molecule has 4 saturated carbocycles. The summed E-state index contributed by atoms with van der Waals surface area (Å²) in [6, 6.07) is 0.594. The summed E-state index contributed by atoms with van der Waals surface area (Å²) in [5.74, 6) is 2.68. The number of rotatable bonds is 17. The van der Waals surface area contributed by atoms with Gasteiger partial charge in [0.1, 0.15) is 0 Å². The highest BCUT2D eigenvalue weighted by Gasteiger charge is 2.62. The van der Waals surface area contributed by atoms with Gasteiger partial charge in [-0.2, -0.15) is 0 Å². The maximum atomic E-state index is 11.7. The average molecular weight is 577 g/mol. The van der Waals surface area contributed by atoms with E-state index in [1.165, 1.54) is 64.2 Å². The van der Waals surface area contributed by atoms with E-state index in [9.17, 15) is 15.0 Å². The fraction of sp³-hybridized carbons (Fsp3) is 0.971. The van der Waals surface area contributed by atoms with E-state index in [-0.39, 0.29) is 17.9 Å². The molecule has 0 heterocycles. The number of carbonyl (C=O) groups is 1. The van der Waals surface area contributed by atoms with Crippen LogP contribution in [0.15, 0.2) is 0 Å². The molecule has 4 aliphatic carbocycles. The van der Waals surface area contributed by atoms with Gasteiger partial charge in [-0.3, -0.25) is 4.79 Å².